The van der Waals surface area contributed by atoms with Crippen LogP contribution in [0.15, 0.2) is 0 Å². The molecule has 1 fully saturated rings. The summed E-state index contributed by atoms with van der Waals surface area (Å²) in [6.07, 6.45) is 5.18. The molecule has 1 saturated heterocycles. The average Bonchev–Trinajstić information content (AvgIpc) is 3.19. The Bertz CT molecular complexity index is 696. The van der Waals surface area contributed by atoms with Gasteiger partial charge in [-0.2, -0.15) is 0 Å². The number of thioether (sulfide) groups is 1. The van der Waals surface area contributed by atoms with Gasteiger partial charge in [0.2, 0.25) is 5.91 Å². The third-order valence-corrected chi connectivity index (χ3v) is 7.40. The number of hydrogen-bond donors (Lipinski definition) is 2. The first-order valence-corrected chi connectivity index (χ1v) is 10.8. The zero-order valence-corrected chi connectivity index (χ0v) is 16.7. The van der Waals surface area contributed by atoms with Gasteiger partial charge in [0.15, 0.2) is 0 Å². The van der Waals surface area contributed by atoms with Crippen molar-refractivity contribution < 1.29 is 9.59 Å². The summed E-state index contributed by atoms with van der Waals surface area (Å²) in [7, 11) is 0. The van der Waals surface area contributed by atoms with Crippen molar-refractivity contribution in [2.24, 2.45) is 11.7 Å². The number of rotatable bonds is 4. The van der Waals surface area contributed by atoms with Gasteiger partial charge in [0.1, 0.15) is 9.32 Å². The molecule has 1 aromatic rings. The molecule has 8 heteroatoms. The number of nitrogens with one attached hydrogen (secondary N) is 1. The van der Waals surface area contributed by atoms with Gasteiger partial charge < -0.3 is 16.0 Å². The Labute approximate surface area is 161 Å². The summed E-state index contributed by atoms with van der Waals surface area (Å²) in [5, 5.41) is 3.49. The molecule has 0 radical (unpaired) electrons. The lowest BCUT2D eigenvalue weighted by Gasteiger charge is -2.18. The number of thiophene rings is 1. The summed E-state index contributed by atoms with van der Waals surface area (Å²) >= 11 is 8.27. The van der Waals surface area contributed by atoms with Crippen LogP contribution in [0.4, 0.5) is 5.00 Å². The molecule has 2 aliphatic rings. The highest BCUT2D eigenvalue weighted by molar-refractivity contribution is 8.23. The molecule has 2 heterocycles. The summed E-state index contributed by atoms with van der Waals surface area (Å²) < 4.78 is 0.780. The number of carbonyl (C=O) groups is 2. The van der Waals surface area contributed by atoms with Crippen LogP contribution in [0.2, 0.25) is 0 Å². The van der Waals surface area contributed by atoms with E-state index in [4.69, 9.17) is 18.0 Å². The van der Waals surface area contributed by atoms with Gasteiger partial charge in [-0.1, -0.05) is 30.9 Å². The molecule has 136 valence electrons. The lowest BCUT2D eigenvalue weighted by atomic mass is 9.88. The number of fused-ring (bicyclic) bond motifs is 1. The molecule has 1 aromatic heterocycles. The molecular weight excluding hydrogens is 374 g/mol. The van der Waals surface area contributed by atoms with Crippen LogP contribution in [-0.4, -0.2) is 39.9 Å². The molecule has 0 saturated carbocycles. The second-order valence-corrected chi connectivity index (χ2v) is 9.43. The SMILES string of the molecule is C[C@H]1CCc2c(sc(NC(=O)CSC(=S)N3CCCC3)c2C(N)=O)C1. The molecule has 1 atom stereocenters. The van der Waals surface area contributed by atoms with Crippen molar-refractivity contribution in [3.63, 3.8) is 0 Å². The predicted octanol–water partition coefficient (Wildman–Crippen LogP) is 3.02. The van der Waals surface area contributed by atoms with Crippen LogP contribution in [0.3, 0.4) is 0 Å². The second kappa shape index (κ2) is 8.05. The van der Waals surface area contributed by atoms with Crippen LogP contribution in [0.5, 0.6) is 0 Å². The van der Waals surface area contributed by atoms with E-state index in [1.54, 1.807) is 0 Å². The second-order valence-electron chi connectivity index (χ2n) is 6.72. The minimum absolute atomic E-state index is 0.138. The van der Waals surface area contributed by atoms with Crippen LogP contribution in [0, 0.1) is 5.92 Å². The van der Waals surface area contributed by atoms with Crippen LogP contribution in [0.1, 0.15) is 47.0 Å². The molecule has 1 aliphatic heterocycles. The van der Waals surface area contributed by atoms with Crippen LogP contribution >= 0.6 is 35.3 Å². The highest BCUT2D eigenvalue weighted by atomic mass is 32.2. The Morgan fingerprint density at radius 2 is 2.12 bits per heavy atom. The lowest BCUT2D eigenvalue weighted by Crippen LogP contribution is -2.25. The number of carbonyl (C=O) groups excluding carboxylic acids is 2. The fourth-order valence-corrected chi connectivity index (χ4v) is 5.86. The van der Waals surface area contributed by atoms with Gasteiger partial charge in [0.05, 0.1) is 11.3 Å². The Hall–Kier alpha value is -1.12. The third kappa shape index (κ3) is 4.35. The quantitative estimate of drug-likeness (QED) is 0.764. The number of amides is 2. The average molecular weight is 398 g/mol. The van der Waals surface area contributed by atoms with Crippen molar-refractivity contribution in [2.75, 3.05) is 24.2 Å². The van der Waals surface area contributed by atoms with E-state index in [-0.39, 0.29) is 11.7 Å². The number of likely N-dealkylation sites (tertiary alicyclic amines) is 1. The first-order valence-electron chi connectivity index (χ1n) is 8.61. The Kier molecular flexibility index (Phi) is 6.01. The standard InChI is InChI=1S/C17H23N3O2S3/c1-10-4-5-11-12(8-10)25-16(14(11)15(18)22)19-13(21)9-24-17(23)20-6-2-3-7-20/h10H,2-9H2,1H3,(H2,18,22)(H,19,21)/t10-/m0/s1. The van der Waals surface area contributed by atoms with E-state index in [2.05, 4.69) is 17.1 Å². The number of anilines is 1. The third-order valence-electron chi connectivity index (χ3n) is 4.70. The molecule has 5 nitrogen and oxygen atoms in total. The maximum absolute atomic E-state index is 12.3. The Morgan fingerprint density at radius 1 is 1.40 bits per heavy atom. The Morgan fingerprint density at radius 3 is 2.80 bits per heavy atom. The largest absolute Gasteiger partial charge is 0.365 e. The number of nitrogens with two attached hydrogens (primary N) is 1. The minimum atomic E-state index is -0.456. The van der Waals surface area contributed by atoms with E-state index in [1.807, 2.05) is 0 Å². The molecule has 0 bridgehead atoms. The highest BCUT2D eigenvalue weighted by Gasteiger charge is 2.27. The van der Waals surface area contributed by atoms with Gasteiger partial charge in [-0.3, -0.25) is 9.59 Å². The highest BCUT2D eigenvalue weighted by Crippen LogP contribution is 2.39. The van der Waals surface area contributed by atoms with Crippen molar-refractivity contribution >= 4 is 56.5 Å². The minimum Gasteiger partial charge on any atom is -0.365 e. The van der Waals surface area contributed by atoms with Crippen LogP contribution < -0.4 is 11.1 Å². The van der Waals surface area contributed by atoms with E-state index >= 15 is 0 Å². The molecule has 1 aliphatic carbocycles. The molecule has 3 rings (SSSR count). The van der Waals surface area contributed by atoms with Gasteiger partial charge >= 0.3 is 0 Å². The van der Waals surface area contributed by atoms with E-state index in [0.717, 1.165) is 55.1 Å². The van der Waals surface area contributed by atoms with Crippen molar-refractivity contribution in [1.82, 2.24) is 4.90 Å². The lowest BCUT2D eigenvalue weighted by molar-refractivity contribution is -0.113. The van der Waals surface area contributed by atoms with Crippen LogP contribution in [0.25, 0.3) is 0 Å². The first-order chi connectivity index (χ1) is 12.0. The molecule has 2 amide bonds. The fraction of sp³-hybridized carbons (Fsp3) is 0.588. The molecule has 0 aromatic carbocycles. The smallest absolute Gasteiger partial charge is 0.251 e. The van der Waals surface area contributed by atoms with E-state index < -0.39 is 5.91 Å². The van der Waals surface area contributed by atoms with Gasteiger partial charge in [-0.15, -0.1) is 11.3 Å². The zero-order chi connectivity index (χ0) is 18.0. The molecular formula is C17H23N3O2S3. The van der Waals surface area contributed by atoms with Crippen molar-refractivity contribution in [2.45, 2.75) is 39.0 Å². The predicted molar refractivity (Wildman–Crippen MR) is 109 cm³/mol. The molecule has 0 unspecified atom stereocenters. The van der Waals surface area contributed by atoms with Crippen molar-refractivity contribution in [1.29, 1.82) is 0 Å². The van der Waals surface area contributed by atoms with Gasteiger partial charge in [-0.05, 0) is 43.6 Å². The maximum atomic E-state index is 12.3. The summed E-state index contributed by atoms with van der Waals surface area (Å²) in [4.78, 5) is 27.6. The number of hydrogen-bond acceptors (Lipinski definition) is 5. The summed E-state index contributed by atoms with van der Waals surface area (Å²) in [6, 6.07) is 0. The van der Waals surface area contributed by atoms with E-state index in [0.29, 0.717) is 16.5 Å². The van der Waals surface area contributed by atoms with Crippen molar-refractivity contribution in [3.8, 4) is 0 Å². The van der Waals surface area contributed by atoms with Gasteiger partial charge in [0.25, 0.3) is 5.91 Å². The normalized spacial score (nSPS) is 19.6. The number of nitrogens with zero attached hydrogens (tertiary/aromatic N) is 1. The van der Waals surface area contributed by atoms with Crippen molar-refractivity contribution in [3.05, 3.63) is 16.0 Å². The Balaban J connectivity index is 1.64. The molecule has 0 spiro atoms. The topological polar surface area (TPSA) is 75.4 Å². The molecule has 3 N–H and O–H groups in total. The fourth-order valence-electron chi connectivity index (χ4n) is 3.38. The summed E-state index contributed by atoms with van der Waals surface area (Å²) in [5.74, 6) is 0.263. The van der Waals surface area contributed by atoms with Gasteiger partial charge in [-0.25, -0.2) is 0 Å². The van der Waals surface area contributed by atoms with E-state index in [1.165, 1.54) is 28.0 Å². The van der Waals surface area contributed by atoms with Gasteiger partial charge in [0, 0.05) is 18.0 Å². The van der Waals surface area contributed by atoms with Crippen LogP contribution in [-0.2, 0) is 17.6 Å². The monoisotopic (exact) mass is 397 g/mol. The summed E-state index contributed by atoms with van der Waals surface area (Å²) in [5.41, 5.74) is 7.12. The summed E-state index contributed by atoms with van der Waals surface area (Å²) in [6.45, 7) is 4.17. The number of primary amides is 1. The maximum Gasteiger partial charge on any atom is 0.251 e. The first kappa shape index (κ1) is 18.7. The van der Waals surface area contributed by atoms with E-state index in [9.17, 15) is 9.59 Å². The zero-order valence-electron chi connectivity index (χ0n) is 14.3. The number of thiocarbonyl (C=S) groups is 1. The molecule has 25 heavy (non-hydrogen) atoms.